The van der Waals surface area contributed by atoms with Crippen LogP contribution in [0.1, 0.15) is 11.1 Å². The first-order valence-corrected chi connectivity index (χ1v) is 5.98. The highest BCUT2D eigenvalue weighted by atomic mass is 19.3. The number of halogens is 2. The van der Waals surface area contributed by atoms with Crippen molar-refractivity contribution in [3.05, 3.63) is 59.7 Å². The average molecular weight is 263 g/mol. The Morgan fingerprint density at radius 2 is 1.63 bits per heavy atom. The van der Waals surface area contributed by atoms with E-state index in [4.69, 9.17) is 0 Å². The van der Waals surface area contributed by atoms with Crippen molar-refractivity contribution in [3.63, 3.8) is 0 Å². The van der Waals surface area contributed by atoms with Gasteiger partial charge in [-0.05, 0) is 36.8 Å². The van der Waals surface area contributed by atoms with Gasteiger partial charge in [-0.15, -0.1) is 0 Å². The van der Waals surface area contributed by atoms with Gasteiger partial charge in [0, 0.05) is 12.2 Å². The molecule has 0 fully saturated rings. The molecule has 0 bridgehead atoms. The zero-order chi connectivity index (χ0) is 13.7. The number of nitrogens with one attached hydrogen (secondary N) is 1. The van der Waals surface area contributed by atoms with Crippen molar-refractivity contribution >= 4 is 5.69 Å². The topological polar surface area (TPSA) is 21.3 Å². The zero-order valence-corrected chi connectivity index (χ0v) is 10.6. The van der Waals surface area contributed by atoms with Crippen LogP contribution in [0.2, 0.25) is 0 Å². The minimum Gasteiger partial charge on any atom is -0.435 e. The Hall–Kier alpha value is -2.10. The molecule has 0 unspecified atom stereocenters. The van der Waals surface area contributed by atoms with Gasteiger partial charge in [0.25, 0.3) is 0 Å². The standard InChI is InChI=1S/C15H15F2NO/c1-11-2-4-12(5-3-11)10-18-13-6-8-14(9-7-13)19-15(16)17/h2-9,15,18H,10H2,1H3. The van der Waals surface area contributed by atoms with Gasteiger partial charge in [0.05, 0.1) is 0 Å². The smallest absolute Gasteiger partial charge is 0.387 e. The van der Waals surface area contributed by atoms with Gasteiger partial charge in [-0.2, -0.15) is 8.78 Å². The lowest BCUT2D eigenvalue weighted by atomic mass is 10.1. The molecule has 2 nitrogen and oxygen atoms in total. The molecule has 19 heavy (non-hydrogen) atoms. The molecule has 0 radical (unpaired) electrons. The van der Waals surface area contributed by atoms with E-state index in [0.717, 1.165) is 5.69 Å². The normalized spacial score (nSPS) is 10.5. The molecular weight excluding hydrogens is 248 g/mol. The number of aryl methyl sites for hydroxylation is 1. The maximum Gasteiger partial charge on any atom is 0.387 e. The van der Waals surface area contributed by atoms with Gasteiger partial charge in [-0.1, -0.05) is 29.8 Å². The van der Waals surface area contributed by atoms with Gasteiger partial charge in [0.2, 0.25) is 0 Å². The number of ether oxygens (including phenoxy) is 1. The van der Waals surface area contributed by atoms with Gasteiger partial charge >= 0.3 is 6.61 Å². The van der Waals surface area contributed by atoms with Crippen molar-refractivity contribution in [2.75, 3.05) is 5.32 Å². The lowest BCUT2D eigenvalue weighted by molar-refractivity contribution is -0.0498. The van der Waals surface area contributed by atoms with Crippen LogP contribution in [-0.2, 0) is 6.54 Å². The molecule has 2 rings (SSSR count). The van der Waals surface area contributed by atoms with Crippen LogP contribution in [0.15, 0.2) is 48.5 Å². The number of benzene rings is 2. The number of hydrogen-bond acceptors (Lipinski definition) is 2. The summed E-state index contributed by atoms with van der Waals surface area (Å²) in [5.41, 5.74) is 3.25. The van der Waals surface area contributed by atoms with E-state index in [1.165, 1.54) is 23.3 Å². The summed E-state index contributed by atoms with van der Waals surface area (Å²) in [6.07, 6.45) is 0. The van der Waals surface area contributed by atoms with E-state index >= 15 is 0 Å². The van der Waals surface area contributed by atoms with Crippen LogP contribution in [0.5, 0.6) is 5.75 Å². The molecule has 100 valence electrons. The van der Waals surface area contributed by atoms with Gasteiger partial charge in [-0.3, -0.25) is 0 Å². The minimum atomic E-state index is -2.79. The fourth-order valence-electron chi connectivity index (χ4n) is 1.66. The maximum absolute atomic E-state index is 12.0. The van der Waals surface area contributed by atoms with E-state index in [0.29, 0.717) is 6.54 Å². The predicted molar refractivity (Wildman–Crippen MR) is 71.6 cm³/mol. The van der Waals surface area contributed by atoms with Crippen LogP contribution >= 0.6 is 0 Å². The molecule has 0 spiro atoms. The number of rotatable bonds is 5. The SMILES string of the molecule is Cc1ccc(CNc2ccc(OC(F)F)cc2)cc1. The third kappa shape index (κ3) is 4.25. The fourth-order valence-corrected chi connectivity index (χ4v) is 1.66. The van der Waals surface area contributed by atoms with Crippen molar-refractivity contribution in [3.8, 4) is 5.75 Å². The zero-order valence-electron chi connectivity index (χ0n) is 10.6. The fraction of sp³-hybridized carbons (Fsp3) is 0.200. The van der Waals surface area contributed by atoms with Gasteiger partial charge in [-0.25, -0.2) is 0 Å². The van der Waals surface area contributed by atoms with Crippen LogP contribution < -0.4 is 10.1 Å². The highest BCUT2D eigenvalue weighted by Crippen LogP contribution is 2.18. The first-order chi connectivity index (χ1) is 9.13. The molecule has 2 aromatic rings. The Bertz CT molecular complexity index is 509. The van der Waals surface area contributed by atoms with E-state index in [2.05, 4.69) is 34.3 Å². The summed E-state index contributed by atoms with van der Waals surface area (Å²) >= 11 is 0. The van der Waals surface area contributed by atoms with Gasteiger partial charge in [0.1, 0.15) is 5.75 Å². The first kappa shape index (κ1) is 13.3. The number of hydrogen-bond donors (Lipinski definition) is 1. The minimum absolute atomic E-state index is 0.163. The molecule has 0 heterocycles. The van der Waals surface area contributed by atoms with Crippen LogP contribution in [0, 0.1) is 6.92 Å². The first-order valence-electron chi connectivity index (χ1n) is 5.98. The Morgan fingerprint density at radius 3 is 2.21 bits per heavy atom. The second-order valence-electron chi connectivity index (χ2n) is 4.24. The molecule has 0 aliphatic carbocycles. The van der Waals surface area contributed by atoms with Crippen molar-refractivity contribution in [2.45, 2.75) is 20.1 Å². The molecule has 0 saturated heterocycles. The maximum atomic E-state index is 12.0. The summed E-state index contributed by atoms with van der Waals surface area (Å²) in [5.74, 6) is 0.163. The second-order valence-corrected chi connectivity index (χ2v) is 4.24. The van der Waals surface area contributed by atoms with E-state index < -0.39 is 6.61 Å². The average Bonchev–Trinajstić information content (AvgIpc) is 2.39. The summed E-state index contributed by atoms with van der Waals surface area (Å²) in [4.78, 5) is 0. The van der Waals surface area contributed by atoms with E-state index in [1.54, 1.807) is 12.1 Å². The van der Waals surface area contributed by atoms with E-state index in [1.807, 2.05) is 6.92 Å². The van der Waals surface area contributed by atoms with Crippen LogP contribution in [0.25, 0.3) is 0 Å². The lowest BCUT2D eigenvalue weighted by Crippen LogP contribution is -2.02. The molecule has 0 atom stereocenters. The molecule has 0 aromatic heterocycles. The van der Waals surface area contributed by atoms with Crippen molar-refractivity contribution < 1.29 is 13.5 Å². The summed E-state index contributed by atoms with van der Waals surface area (Å²) in [6.45, 7) is -0.0553. The Morgan fingerprint density at radius 1 is 1.00 bits per heavy atom. The lowest BCUT2D eigenvalue weighted by Gasteiger charge is -2.08. The summed E-state index contributed by atoms with van der Waals surface area (Å²) in [6, 6.07) is 14.7. The quantitative estimate of drug-likeness (QED) is 0.872. The number of anilines is 1. The Balaban J connectivity index is 1.91. The molecular formula is C15H15F2NO. The molecule has 1 N–H and O–H groups in total. The molecule has 0 saturated carbocycles. The van der Waals surface area contributed by atoms with Crippen LogP contribution in [-0.4, -0.2) is 6.61 Å². The Labute approximate surface area is 111 Å². The van der Waals surface area contributed by atoms with Crippen LogP contribution in [0.4, 0.5) is 14.5 Å². The van der Waals surface area contributed by atoms with Gasteiger partial charge < -0.3 is 10.1 Å². The van der Waals surface area contributed by atoms with Crippen molar-refractivity contribution in [2.24, 2.45) is 0 Å². The predicted octanol–water partition coefficient (Wildman–Crippen LogP) is 4.21. The largest absolute Gasteiger partial charge is 0.435 e. The molecule has 0 aliphatic rings. The second kappa shape index (κ2) is 6.18. The summed E-state index contributed by atoms with van der Waals surface area (Å²) in [7, 11) is 0. The third-order valence-corrected chi connectivity index (χ3v) is 2.70. The van der Waals surface area contributed by atoms with Crippen molar-refractivity contribution in [1.82, 2.24) is 0 Å². The molecule has 0 amide bonds. The summed E-state index contributed by atoms with van der Waals surface area (Å²) < 4.78 is 28.3. The number of alkyl halides is 2. The monoisotopic (exact) mass is 263 g/mol. The van der Waals surface area contributed by atoms with E-state index in [9.17, 15) is 8.78 Å². The third-order valence-electron chi connectivity index (χ3n) is 2.70. The Kier molecular flexibility index (Phi) is 4.34. The summed E-state index contributed by atoms with van der Waals surface area (Å²) in [5, 5.41) is 3.22. The molecule has 2 aromatic carbocycles. The van der Waals surface area contributed by atoms with E-state index in [-0.39, 0.29) is 5.75 Å². The highest BCUT2D eigenvalue weighted by Gasteiger charge is 2.03. The van der Waals surface area contributed by atoms with Crippen LogP contribution in [0.3, 0.4) is 0 Å². The highest BCUT2D eigenvalue weighted by molar-refractivity contribution is 5.46. The van der Waals surface area contributed by atoms with Crippen molar-refractivity contribution in [1.29, 1.82) is 0 Å². The molecule has 0 aliphatic heterocycles. The van der Waals surface area contributed by atoms with Gasteiger partial charge in [0.15, 0.2) is 0 Å². The molecule has 4 heteroatoms.